The minimum absolute atomic E-state index is 0.0734. The van der Waals surface area contributed by atoms with Crippen molar-refractivity contribution in [3.05, 3.63) is 0 Å². The maximum Gasteiger partial charge on any atom is 0.337 e. The van der Waals surface area contributed by atoms with E-state index in [1.54, 1.807) is 6.92 Å². The molecule has 0 bridgehead atoms. The number of nitrogens with one attached hydrogen (secondary N) is 1. The molecule has 0 aliphatic carbocycles. The molecule has 0 rings (SSSR count). The van der Waals surface area contributed by atoms with Gasteiger partial charge in [-0.15, -0.1) is 0 Å². The Labute approximate surface area is 88.5 Å². The Morgan fingerprint density at radius 1 is 1.53 bits per heavy atom. The van der Waals surface area contributed by atoms with Crippen molar-refractivity contribution in [2.75, 3.05) is 6.54 Å². The van der Waals surface area contributed by atoms with Crippen LogP contribution in [0.25, 0.3) is 0 Å². The number of carbonyl (C=O) groups excluding carboxylic acids is 1. The van der Waals surface area contributed by atoms with Crippen LogP contribution in [0.15, 0.2) is 0 Å². The molecule has 0 aliphatic rings. The van der Waals surface area contributed by atoms with Crippen molar-refractivity contribution < 1.29 is 19.8 Å². The van der Waals surface area contributed by atoms with Gasteiger partial charge in [0.15, 0.2) is 5.60 Å². The molecule has 0 aromatic heterocycles. The van der Waals surface area contributed by atoms with Crippen LogP contribution in [-0.4, -0.2) is 40.3 Å². The second-order valence-electron chi connectivity index (χ2n) is 3.87. The molecule has 0 spiro atoms. The Morgan fingerprint density at radius 3 is 2.47 bits per heavy atom. The molecule has 5 N–H and O–H groups in total. The molecule has 0 aliphatic heterocycles. The highest BCUT2D eigenvalue weighted by atomic mass is 16.4. The van der Waals surface area contributed by atoms with E-state index < -0.39 is 11.6 Å². The number of aliphatic carboxylic acids is 1. The zero-order valence-corrected chi connectivity index (χ0v) is 8.99. The molecule has 2 atom stereocenters. The maximum absolute atomic E-state index is 11.1. The van der Waals surface area contributed by atoms with Crippen molar-refractivity contribution in [3.8, 4) is 0 Å². The van der Waals surface area contributed by atoms with Gasteiger partial charge in [0.05, 0.1) is 6.54 Å². The summed E-state index contributed by atoms with van der Waals surface area (Å²) in [6, 6.07) is -0.0734. The molecule has 0 saturated heterocycles. The molecule has 1 amide bonds. The molecule has 0 heterocycles. The average Bonchev–Trinajstić information content (AvgIpc) is 2.11. The van der Waals surface area contributed by atoms with E-state index in [-0.39, 0.29) is 24.9 Å². The highest BCUT2D eigenvalue weighted by molar-refractivity contribution is 5.80. The number of nitrogens with two attached hydrogens (primary N) is 1. The van der Waals surface area contributed by atoms with E-state index in [1.807, 2.05) is 0 Å². The first kappa shape index (κ1) is 13.9. The van der Waals surface area contributed by atoms with Crippen LogP contribution in [0.5, 0.6) is 0 Å². The second-order valence-corrected chi connectivity index (χ2v) is 3.87. The first-order valence-electron chi connectivity index (χ1n) is 4.74. The molecule has 0 radical (unpaired) electrons. The molecule has 2 unspecified atom stereocenters. The van der Waals surface area contributed by atoms with Crippen LogP contribution in [0.3, 0.4) is 0 Å². The van der Waals surface area contributed by atoms with Crippen LogP contribution < -0.4 is 11.1 Å². The number of amides is 1. The smallest absolute Gasteiger partial charge is 0.337 e. The maximum atomic E-state index is 11.1. The molecule has 0 aromatic carbocycles. The Bertz CT molecular complexity index is 238. The summed E-state index contributed by atoms with van der Waals surface area (Å²) in [5.74, 6) is -1.68. The molecule has 15 heavy (non-hydrogen) atoms. The van der Waals surface area contributed by atoms with Gasteiger partial charge >= 0.3 is 5.97 Å². The van der Waals surface area contributed by atoms with Crippen LogP contribution in [0, 0.1) is 0 Å². The van der Waals surface area contributed by atoms with Gasteiger partial charge in [-0.3, -0.25) is 4.79 Å². The van der Waals surface area contributed by atoms with Crippen molar-refractivity contribution in [1.29, 1.82) is 0 Å². The number of hydrogen-bond donors (Lipinski definition) is 4. The van der Waals surface area contributed by atoms with E-state index in [4.69, 9.17) is 10.8 Å². The number of aliphatic hydroxyl groups is 1. The predicted molar refractivity (Wildman–Crippen MR) is 54.2 cm³/mol. The minimum Gasteiger partial charge on any atom is -0.479 e. The standard InChI is InChI=1S/C9H18N2O4/c1-6(10)3-4-7(12)11-5-9(2,15)8(13)14/h6,15H,3-5,10H2,1-2H3,(H,11,12)(H,13,14). The fourth-order valence-corrected chi connectivity index (χ4v) is 0.793. The normalized spacial score (nSPS) is 16.5. The molecule has 88 valence electrons. The number of carboxylic acids is 1. The molecule has 0 fully saturated rings. The van der Waals surface area contributed by atoms with E-state index in [9.17, 15) is 14.7 Å². The molecule has 0 saturated carbocycles. The first-order valence-corrected chi connectivity index (χ1v) is 4.74. The van der Waals surface area contributed by atoms with Gasteiger partial charge in [0.2, 0.25) is 5.91 Å². The van der Waals surface area contributed by atoms with E-state index in [0.717, 1.165) is 6.92 Å². The monoisotopic (exact) mass is 218 g/mol. The van der Waals surface area contributed by atoms with Crippen molar-refractivity contribution in [2.24, 2.45) is 5.73 Å². The Morgan fingerprint density at radius 2 is 2.07 bits per heavy atom. The van der Waals surface area contributed by atoms with Gasteiger partial charge in [0.25, 0.3) is 0 Å². The SMILES string of the molecule is CC(N)CCC(=O)NCC(C)(O)C(=O)O. The lowest BCUT2D eigenvalue weighted by atomic mass is 10.1. The fraction of sp³-hybridized carbons (Fsp3) is 0.778. The fourth-order valence-electron chi connectivity index (χ4n) is 0.793. The minimum atomic E-state index is -1.93. The summed E-state index contributed by atoms with van der Waals surface area (Å²) in [7, 11) is 0. The summed E-state index contributed by atoms with van der Waals surface area (Å²) < 4.78 is 0. The predicted octanol–water partition coefficient (Wildman–Crippen LogP) is -0.934. The Balaban J connectivity index is 3.85. The summed E-state index contributed by atoms with van der Waals surface area (Å²) in [6.07, 6.45) is 0.758. The number of carbonyl (C=O) groups is 2. The van der Waals surface area contributed by atoms with E-state index in [0.29, 0.717) is 6.42 Å². The Hall–Kier alpha value is -1.14. The van der Waals surface area contributed by atoms with E-state index in [2.05, 4.69) is 5.32 Å². The largest absolute Gasteiger partial charge is 0.479 e. The zero-order chi connectivity index (χ0) is 12.1. The number of hydrogen-bond acceptors (Lipinski definition) is 4. The van der Waals surface area contributed by atoms with Gasteiger partial charge in [-0.2, -0.15) is 0 Å². The lowest BCUT2D eigenvalue weighted by Crippen LogP contribution is -2.46. The third-order valence-electron chi connectivity index (χ3n) is 1.92. The summed E-state index contributed by atoms with van der Waals surface area (Å²) in [6.45, 7) is 2.60. The third-order valence-corrected chi connectivity index (χ3v) is 1.92. The van der Waals surface area contributed by atoms with Crippen molar-refractivity contribution in [1.82, 2.24) is 5.32 Å². The first-order chi connectivity index (χ1) is 6.75. The van der Waals surface area contributed by atoms with Gasteiger partial charge in [-0.25, -0.2) is 4.79 Å². The highest BCUT2D eigenvalue weighted by Gasteiger charge is 2.30. The van der Waals surface area contributed by atoms with Crippen LogP contribution in [0.4, 0.5) is 0 Å². The van der Waals surface area contributed by atoms with Crippen molar-refractivity contribution >= 4 is 11.9 Å². The molecular formula is C9H18N2O4. The van der Waals surface area contributed by atoms with Crippen molar-refractivity contribution in [2.45, 2.75) is 38.3 Å². The summed E-state index contributed by atoms with van der Waals surface area (Å²) in [5, 5.41) is 20.2. The Kier molecular flexibility index (Phi) is 5.24. The van der Waals surface area contributed by atoms with Gasteiger partial charge in [0.1, 0.15) is 0 Å². The zero-order valence-electron chi connectivity index (χ0n) is 8.99. The van der Waals surface area contributed by atoms with Crippen molar-refractivity contribution in [3.63, 3.8) is 0 Å². The van der Waals surface area contributed by atoms with Crippen LogP contribution >= 0.6 is 0 Å². The average molecular weight is 218 g/mol. The van der Waals surface area contributed by atoms with Crippen LogP contribution in [-0.2, 0) is 9.59 Å². The number of carboxylic acid groups (broad SMARTS) is 1. The highest BCUT2D eigenvalue weighted by Crippen LogP contribution is 2.01. The third kappa shape index (κ3) is 6.03. The lowest BCUT2D eigenvalue weighted by molar-refractivity contribution is -0.156. The van der Waals surface area contributed by atoms with Crippen LogP contribution in [0.2, 0.25) is 0 Å². The van der Waals surface area contributed by atoms with E-state index >= 15 is 0 Å². The topological polar surface area (TPSA) is 113 Å². The summed E-state index contributed by atoms with van der Waals surface area (Å²) in [5.41, 5.74) is 3.52. The van der Waals surface area contributed by atoms with Gasteiger partial charge in [-0.05, 0) is 20.3 Å². The quantitative estimate of drug-likeness (QED) is 0.460. The summed E-state index contributed by atoms with van der Waals surface area (Å²) >= 11 is 0. The number of rotatable bonds is 6. The lowest BCUT2D eigenvalue weighted by Gasteiger charge is -2.18. The molecule has 6 heteroatoms. The molecule has 0 aromatic rings. The van der Waals surface area contributed by atoms with Gasteiger partial charge in [-0.1, -0.05) is 0 Å². The van der Waals surface area contributed by atoms with Gasteiger partial charge in [0, 0.05) is 12.5 Å². The van der Waals surface area contributed by atoms with E-state index in [1.165, 1.54) is 0 Å². The molecular weight excluding hydrogens is 200 g/mol. The molecule has 6 nitrogen and oxygen atoms in total. The summed E-state index contributed by atoms with van der Waals surface area (Å²) in [4.78, 5) is 21.6. The van der Waals surface area contributed by atoms with Crippen LogP contribution in [0.1, 0.15) is 26.7 Å². The second kappa shape index (κ2) is 5.67. The van der Waals surface area contributed by atoms with Gasteiger partial charge < -0.3 is 21.3 Å².